The molecule has 0 spiro atoms. The van der Waals surface area contributed by atoms with Gasteiger partial charge in [0.1, 0.15) is 6.04 Å². The van der Waals surface area contributed by atoms with Gasteiger partial charge in [-0.05, 0) is 41.4 Å². The van der Waals surface area contributed by atoms with Crippen LogP contribution >= 0.6 is 11.6 Å². The van der Waals surface area contributed by atoms with Crippen molar-refractivity contribution >= 4 is 23.4 Å². The van der Waals surface area contributed by atoms with Gasteiger partial charge in [-0.3, -0.25) is 9.59 Å². The number of aromatic nitrogens is 2. The minimum Gasteiger partial charge on any atom is -0.348 e. The van der Waals surface area contributed by atoms with E-state index in [1.807, 2.05) is 30.9 Å². The maximum Gasteiger partial charge on any atom is 0.245 e. The van der Waals surface area contributed by atoms with Gasteiger partial charge in [-0.25, -0.2) is 4.98 Å². The lowest BCUT2D eigenvalue weighted by Gasteiger charge is -2.45. The zero-order valence-electron chi connectivity index (χ0n) is 18.1. The van der Waals surface area contributed by atoms with Crippen LogP contribution in [-0.4, -0.2) is 45.8 Å². The number of amides is 2. The number of imidazole rings is 1. The molecule has 1 aliphatic heterocycles. The number of carbonyl (C=O) groups excluding carboxylic acids is 2. The summed E-state index contributed by atoms with van der Waals surface area (Å²) in [6.45, 7) is 9.66. The van der Waals surface area contributed by atoms with Gasteiger partial charge >= 0.3 is 0 Å². The number of carbonyl (C=O) groups is 2. The van der Waals surface area contributed by atoms with Crippen LogP contribution in [0.1, 0.15) is 51.3 Å². The van der Waals surface area contributed by atoms with E-state index in [2.05, 4.69) is 41.3 Å². The van der Waals surface area contributed by atoms with Crippen molar-refractivity contribution < 1.29 is 9.59 Å². The van der Waals surface area contributed by atoms with E-state index >= 15 is 0 Å². The third-order valence-electron chi connectivity index (χ3n) is 5.97. The molecule has 2 aromatic rings. The number of hydrogen-bond acceptors (Lipinski definition) is 3. The Morgan fingerprint density at radius 2 is 2.00 bits per heavy atom. The average molecular weight is 431 g/mol. The number of H-pyrrole nitrogens is 1. The van der Waals surface area contributed by atoms with Gasteiger partial charge in [0.25, 0.3) is 0 Å². The summed E-state index contributed by atoms with van der Waals surface area (Å²) in [5.41, 5.74) is 1.90. The fourth-order valence-corrected chi connectivity index (χ4v) is 4.47. The van der Waals surface area contributed by atoms with Gasteiger partial charge in [-0.15, -0.1) is 0 Å². The fraction of sp³-hybridized carbons (Fsp3) is 0.522. The number of aromatic amines is 1. The van der Waals surface area contributed by atoms with Crippen molar-refractivity contribution in [3.63, 3.8) is 0 Å². The smallest absolute Gasteiger partial charge is 0.245 e. The second-order valence-corrected chi connectivity index (χ2v) is 9.62. The highest BCUT2D eigenvalue weighted by atomic mass is 35.5. The van der Waals surface area contributed by atoms with Crippen molar-refractivity contribution in [1.82, 2.24) is 20.2 Å². The van der Waals surface area contributed by atoms with Crippen LogP contribution in [0.5, 0.6) is 0 Å². The van der Waals surface area contributed by atoms with Crippen molar-refractivity contribution in [2.24, 2.45) is 11.3 Å². The van der Waals surface area contributed by atoms with Gasteiger partial charge in [0.15, 0.2) is 0 Å². The Balaban J connectivity index is 1.67. The Bertz CT molecular complexity index is 862. The molecule has 1 aliphatic rings. The molecule has 7 heteroatoms. The second-order valence-electron chi connectivity index (χ2n) is 9.18. The zero-order chi connectivity index (χ0) is 21.9. The maximum absolute atomic E-state index is 13.3. The van der Waals surface area contributed by atoms with E-state index in [0.717, 1.165) is 17.1 Å². The van der Waals surface area contributed by atoms with E-state index < -0.39 is 6.04 Å². The summed E-state index contributed by atoms with van der Waals surface area (Å²) in [6, 6.07) is 7.48. The van der Waals surface area contributed by atoms with Crippen LogP contribution in [0.2, 0.25) is 5.02 Å². The van der Waals surface area contributed by atoms with E-state index in [1.165, 1.54) is 5.56 Å². The minimum atomic E-state index is -0.539. The molecule has 1 saturated heterocycles. The first-order valence-electron chi connectivity index (χ1n) is 10.5. The molecule has 2 N–H and O–H groups in total. The molecule has 3 rings (SSSR count). The number of piperidine rings is 1. The van der Waals surface area contributed by atoms with Gasteiger partial charge in [0.2, 0.25) is 11.8 Å². The van der Waals surface area contributed by atoms with Crippen LogP contribution in [-0.2, 0) is 16.0 Å². The predicted octanol–water partition coefficient (Wildman–Crippen LogP) is 3.79. The lowest BCUT2D eigenvalue weighted by molar-refractivity contribution is -0.140. The largest absolute Gasteiger partial charge is 0.348 e. The SMILES string of the molecule is CC(C)[C@@H](NC(=O)Cc1cnc[nH]1)C(=O)N1CCC(c2ccc(Cl)cc2)C(C)(C)C1. The molecule has 30 heavy (non-hydrogen) atoms. The molecule has 0 aliphatic carbocycles. The zero-order valence-corrected chi connectivity index (χ0v) is 18.9. The second kappa shape index (κ2) is 9.21. The number of halogens is 1. The first-order chi connectivity index (χ1) is 14.2. The Kier molecular flexibility index (Phi) is 6.86. The first kappa shape index (κ1) is 22.3. The number of nitrogens with zero attached hydrogens (tertiary/aromatic N) is 2. The van der Waals surface area contributed by atoms with Gasteiger partial charge in [-0.1, -0.05) is 51.4 Å². The summed E-state index contributed by atoms with van der Waals surface area (Å²) in [5.74, 6) is 0.166. The van der Waals surface area contributed by atoms with Gasteiger partial charge in [0, 0.05) is 30.0 Å². The van der Waals surface area contributed by atoms with E-state index in [1.54, 1.807) is 12.5 Å². The number of nitrogens with one attached hydrogen (secondary N) is 2. The van der Waals surface area contributed by atoms with Crippen molar-refractivity contribution in [2.45, 2.75) is 52.5 Å². The van der Waals surface area contributed by atoms with Crippen molar-refractivity contribution in [1.29, 1.82) is 0 Å². The Hall–Kier alpha value is -2.34. The predicted molar refractivity (Wildman–Crippen MR) is 118 cm³/mol. The topological polar surface area (TPSA) is 78.1 Å². The van der Waals surface area contributed by atoms with Crippen molar-refractivity contribution in [2.75, 3.05) is 13.1 Å². The van der Waals surface area contributed by atoms with Crippen LogP contribution < -0.4 is 5.32 Å². The number of rotatable bonds is 6. The van der Waals surface area contributed by atoms with Crippen LogP contribution in [0.15, 0.2) is 36.8 Å². The molecule has 1 unspecified atom stereocenters. The third kappa shape index (κ3) is 5.22. The fourth-order valence-electron chi connectivity index (χ4n) is 4.35. The number of hydrogen-bond donors (Lipinski definition) is 2. The van der Waals surface area contributed by atoms with Crippen LogP contribution in [0, 0.1) is 11.3 Å². The molecular formula is C23H31ClN4O2. The van der Waals surface area contributed by atoms with Gasteiger partial charge in [0.05, 0.1) is 12.7 Å². The van der Waals surface area contributed by atoms with Crippen LogP contribution in [0.3, 0.4) is 0 Å². The Labute approximate surface area is 183 Å². The minimum absolute atomic E-state index is 0.000294. The third-order valence-corrected chi connectivity index (χ3v) is 6.22. The summed E-state index contributed by atoms with van der Waals surface area (Å²) in [6.07, 6.45) is 4.23. The molecular weight excluding hydrogens is 400 g/mol. The molecule has 1 fully saturated rings. The molecule has 2 heterocycles. The van der Waals surface area contributed by atoms with Crippen LogP contribution in [0.25, 0.3) is 0 Å². The molecule has 0 radical (unpaired) electrons. The molecule has 0 saturated carbocycles. The Morgan fingerprint density at radius 1 is 1.30 bits per heavy atom. The summed E-state index contributed by atoms with van der Waals surface area (Å²) >= 11 is 6.04. The normalized spacial score (nSPS) is 19.5. The molecule has 162 valence electrons. The highest BCUT2D eigenvalue weighted by Crippen LogP contribution is 2.42. The quantitative estimate of drug-likeness (QED) is 0.731. The van der Waals surface area contributed by atoms with Gasteiger partial charge in [-0.2, -0.15) is 0 Å². The summed E-state index contributed by atoms with van der Waals surface area (Å²) in [4.78, 5) is 34.6. The lowest BCUT2D eigenvalue weighted by Crippen LogP contribution is -2.56. The number of benzene rings is 1. The van der Waals surface area contributed by atoms with E-state index in [4.69, 9.17) is 11.6 Å². The standard InChI is InChI=1S/C23H31ClN4O2/c1-15(2)21(27-20(29)11-18-12-25-14-26-18)22(30)28-10-9-19(23(3,4)13-28)16-5-7-17(24)8-6-16/h5-8,12,14-15,19,21H,9-11,13H2,1-4H3,(H,25,26)(H,27,29)/t19?,21-/m1/s1. The molecule has 1 aromatic heterocycles. The first-order valence-corrected chi connectivity index (χ1v) is 10.9. The molecule has 2 atom stereocenters. The summed E-state index contributed by atoms with van der Waals surface area (Å²) in [5, 5.41) is 3.67. The monoisotopic (exact) mass is 430 g/mol. The van der Waals surface area contributed by atoms with Crippen molar-refractivity contribution in [3.8, 4) is 0 Å². The maximum atomic E-state index is 13.3. The molecule has 2 amide bonds. The number of likely N-dealkylation sites (tertiary alicyclic amines) is 1. The van der Waals surface area contributed by atoms with E-state index in [0.29, 0.717) is 19.0 Å². The van der Waals surface area contributed by atoms with E-state index in [-0.39, 0.29) is 29.6 Å². The summed E-state index contributed by atoms with van der Waals surface area (Å²) < 4.78 is 0. The van der Waals surface area contributed by atoms with Crippen LogP contribution in [0.4, 0.5) is 0 Å². The highest BCUT2D eigenvalue weighted by Gasteiger charge is 2.40. The molecule has 6 nitrogen and oxygen atoms in total. The summed E-state index contributed by atoms with van der Waals surface area (Å²) in [7, 11) is 0. The van der Waals surface area contributed by atoms with E-state index in [9.17, 15) is 9.59 Å². The van der Waals surface area contributed by atoms with Crippen molar-refractivity contribution in [3.05, 3.63) is 53.1 Å². The molecule has 1 aromatic carbocycles. The lowest BCUT2D eigenvalue weighted by atomic mass is 9.70. The Morgan fingerprint density at radius 3 is 2.57 bits per heavy atom. The molecule has 0 bridgehead atoms. The highest BCUT2D eigenvalue weighted by molar-refractivity contribution is 6.30. The van der Waals surface area contributed by atoms with Gasteiger partial charge < -0.3 is 15.2 Å². The average Bonchev–Trinajstić information content (AvgIpc) is 3.18.